The quantitative estimate of drug-likeness (QED) is 0.562. The molecule has 0 aliphatic heterocycles. The van der Waals surface area contributed by atoms with E-state index in [1.54, 1.807) is 0 Å². The van der Waals surface area contributed by atoms with Crippen molar-refractivity contribution in [1.29, 1.82) is 0 Å². The SMILES string of the molecule is CB(OC(Br)=C(C)C)OC(Br)=C(C)C. The highest BCUT2D eigenvalue weighted by atomic mass is 79.9. The standard InChI is InChI=1S/C9H15BBr2O2/c1-6(2)8(11)13-10(5)14-9(12)7(3)4/h1-5H3. The molecule has 0 saturated carbocycles. The Bertz CT molecular complexity index is 228. The van der Waals surface area contributed by atoms with Gasteiger partial charge in [-0.15, -0.1) is 0 Å². The highest BCUT2D eigenvalue weighted by Gasteiger charge is 2.16. The predicted octanol–water partition coefficient (Wildman–Crippen LogP) is 4.43. The molecule has 0 aromatic rings. The predicted molar refractivity (Wildman–Crippen MR) is 68.4 cm³/mol. The average Bonchev–Trinajstić information content (AvgIpc) is 2.03. The fourth-order valence-electron chi connectivity index (χ4n) is 0.551. The summed E-state index contributed by atoms with van der Waals surface area (Å²) in [5.74, 6) is 0. The Balaban J connectivity index is 4.20. The van der Waals surface area contributed by atoms with Crippen LogP contribution in [0.4, 0.5) is 0 Å². The van der Waals surface area contributed by atoms with Crippen molar-refractivity contribution in [3.8, 4) is 0 Å². The third kappa shape index (κ3) is 5.76. The Kier molecular flexibility index (Phi) is 6.61. The molecule has 80 valence electrons. The van der Waals surface area contributed by atoms with Crippen molar-refractivity contribution in [2.75, 3.05) is 0 Å². The molecule has 0 rings (SSSR count). The van der Waals surface area contributed by atoms with Gasteiger partial charge in [0.25, 0.3) is 0 Å². The maximum absolute atomic E-state index is 5.44. The molecule has 0 aliphatic carbocycles. The van der Waals surface area contributed by atoms with Gasteiger partial charge in [0.1, 0.15) is 9.34 Å². The summed E-state index contributed by atoms with van der Waals surface area (Å²) in [5.41, 5.74) is 2.16. The van der Waals surface area contributed by atoms with Crippen molar-refractivity contribution in [3.05, 3.63) is 20.5 Å². The topological polar surface area (TPSA) is 18.5 Å². The largest absolute Gasteiger partial charge is 0.591 e. The van der Waals surface area contributed by atoms with E-state index >= 15 is 0 Å². The lowest BCUT2D eigenvalue weighted by Gasteiger charge is -2.13. The first-order valence-electron chi connectivity index (χ1n) is 4.33. The van der Waals surface area contributed by atoms with Crippen LogP contribution in [0.2, 0.25) is 6.82 Å². The number of halogens is 2. The first-order chi connectivity index (χ1) is 6.34. The maximum Gasteiger partial charge on any atom is 0.591 e. The van der Waals surface area contributed by atoms with Crippen molar-refractivity contribution >= 4 is 39.0 Å². The van der Waals surface area contributed by atoms with Gasteiger partial charge in [-0.05, 0) is 77.5 Å². The molecule has 0 spiro atoms. The zero-order valence-corrected chi connectivity index (χ0v) is 12.3. The molecule has 0 unspecified atom stereocenters. The van der Waals surface area contributed by atoms with Crippen LogP contribution in [0.5, 0.6) is 0 Å². The minimum atomic E-state index is -0.316. The second-order valence-corrected chi connectivity index (χ2v) is 4.79. The molecule has 0 bridgehead atoms. The van der Waals surface area contributed by atoms with E-state index in [1.165, 1.54) is 0 Å². The van der Waals surface area contributed by atoms with Gasteiger partial charge in [-0.3, -0.25) is 0 Å². The molecule has 0 amide bonds. The Morgan fingerprint density at radius 2 is 1.14 bits per heavy atom. The maximum atomic E-state index is 5.44. The molecule has 14 heavy (non-hydrogen) atoms. The fourth-order valence-corrected chi connectivity index (χ4v) is 1.08. The summed E-state index contributed by atoms with van der Waals surface area (Å²) < 4.78 is 12.3. The van der Waals surface area contributed by atoms with Gasteiger partial charge in [0.15, 0.2) is 0 Å². The smallest absolute Gasteiger partial charge is 0.521 e. The molecular formula is C9H15BBr2O2. The first kappa shape index (κ1) is 14.1. The van der Waals surface area contributed by atoms with E-state index in [0.29, 0.717) is 0 Å². The summed E-state index contributed by atoms with van der Waals surface area (Å²) in [6, 6.07) is 0. The molecule has 0 N–H and O–H groups in total. The molecule has 0 atom stereocenters. The molecule has 0 heterocycles. The van der Waals surface area contributed by atoms with Crippen molar-refractivity contribution in [3.63, 3.8) is 0 Å². The Labute approximate surface area is 103 Å². The van der Waals surface area contributed by atoms with Gasteiger partial charge in [-0.2, -0.15) is 0 Å². The number of allylic oxidation sites excluding steroid dienone is 2. The van der Waals surface area contributed by atoms with Crippen LogP contribution in [0.15, 0.2) is 20.5 Å². The van der Waals surface area contributed by atoms with Gasteiger partial charge in [-0.1, -0.05) is 0 Å². The van der Waals surface area contributed by atoms with Gasteiger partial charge in [-0.25, -0.2) is 0 Å². The van der Waals surface area contributed by atoms with Crippen LogP contribution in [0.3, 0.4) is 0 Å². The van der Waals surface area contributed by atoms with E-state index in [9.17, 15) is 0 Å². The lowest BCUT2D eigenvalue weighted by molar-refractivity contribution is 0.334. The minimum Gasteiger partial charge on any atom is -0.521 e. The van der Waals surface area contributed by atoms with Crippen molar-refractivity contribution in [2.45, 2.75) is 34.5 Å². The van der Waals surface area contributed by atoms with Gasteiger partial charge in [0.05, 0.1) is 0 Å². The summed E-state index contributed by atoms with van der Waals surface area (Å²) in [6.07, 6.45) is 0. The van der Waals surface area contributed by atoms with Gasteiger partial charge in [0, 0.05) is 0 Å². The normalized spacial score (nSPS) is 9.07. The lowest BCUT2D eigenvalue weighted by Crippen LogP contribution is -2.16. The lowest BCUT2D eigenvalue weighted by atomic mass is 9.96. The van der Waals surface area contributed by atoms with E-state index in [0.717, 1.165) is 20.5 Å². The second-order valence-electron chi connectivity index (χ2n) is 3.35. The van der Waals surface area contributed by atoms with Crippen LogP contribution >= 0.6 is 31.9 Å². The van der Waals surface area contributed by atoms with Gasteiger partial charge >= 0.3 is 7.12 Å². The van der Waals surface area contributed by atoms with Crippen molar-refractivity contribution < 1.29 is 9.31 Å². The molecule has 0 aliphatic rings. The van der Waals surface area contributed by atoms with E-state index in [1.807, 2.05) is 34.5 Å². The molecule has 0 fully saturated rings. The van der Waals surface area contributed by atoms with Gasteiger partial charge in [0.2, 0.25) is 0 Å². The molecule has 5 heteroatoms. The van der Waals surface area contributed by atoms with E-state index < -0.39 is 0 Å². The highest BCUT2D eigenvalue weighted by molar-refractivity contribution is 9.11. The fraction of sp³-hybridized carbons (Fsp3) is 0.556. The van der Waals surface area contributed by atoms with Crippen LogP contribution < -0.4 is 0 Å². The summed E-state index contributed by atoms with van der Waals surface area (Å²) in [5, 5.41) is 0. The van der Waals surface area contributed by atoms with Crippen LogP contribution in [-0.2, 0) is 9.31 Å². The van der Waals surface area contributed by atoms with E-state index in [4.69, 9.17) is 9.31 Å². The van der Waals surface area contributed by atoms with E-state index in [-0.39, 0.29) is 7.12 Å². The van der Waals surface area contributed by atoms with Crippen LogP contribution in [0.25, 0.3) is 0 Å². The van der Waals surface area contributed by atoms with Crippen LogP contribution in [0, 0.1) is 0 Å². The van der Waals surface area contributed by atoms with E-state index in [2.05, 4.69) is 31.9 Å². The molecular weight excluding hydrogens is 311 g/mol. The van der Waals surface area contributed by atoms with Gasteiger partial charge < -0.3 is 9.31 Å². The van der Waals surface area contributed by atoms with Crippen molar-refractivity contribution in [2.24, 2.45) is 0 Å². The summed E-state index contributed by atoms with van der Waals surface area (Å²) in [4.78, 5) is 0. The molecule has 2 nitrogen and oxygen atoms in total. The Morgan fingerprint density at radius 3 is 1.36 bits per heavy atom. The van der Waals surface area contributed by atoms with Crippen LogP contribution in [0.1, 0.15) is 27.7 Å². The molecule has 0 aromatic carbocycles. The number of hydrogen-bond acceptors (Lipinski definition) is 2. The minimum absolute atomic E-state index is 0.316. The molecule has 0 saturated heterocycles. The zero-order chi connectivity index (χ0) is 11.3. The Morgan fingerprint density at radius 1 is 0.857 bits per heavy atom. The first-order valence-corrected chi connectivity index (χ1v) is 5.92. The average molecular weight is 326 g/mol. The second kappa shape index (κ2) is 6.56. The zero-order valence-electron chi connectivity index (χ0n) is 9.15. The summed E-state index contributed by atoms with van der Waals surface area (Å²) in [6.45, 7) is 9.70. The number of rotatable bonds is 4. The third-order valence-corrected chi connectivity index (χ3v) is 3.28. The monoisotopic (exact) mass is 324 g/mol. The third-order valence-electron chi connectivity index (χ3n) is 1.33. The molecule has 0 aromatic heterocycles. The van der Waals surface area contributed by atoms with Crippen molar-refractivity contribution in [1.82, 2.24) is 0 Å². The summed E-state index contributed by atoms with van der Waals surface area (Å²) in [7, 11) is -0.316. The Hall–Kier alpha value is 0.105. The number of hydrogen-bond donors (Lipinski definition) is 0. The summed E-state index contributed by atoms with van der Waals surface area (Å²) >= 11 is 6.63. The van der Waals surface area contributed by atoms with Crippen LogP contribution in [-0.4, -0.2) is 7.12 Å². The molecule has 0 radical (unpaired) electrons. The highest BCUT2D eigenvalue weighted by Crippen LogP contribution is 2.19.